The first kappa shape index (κ1) is 16.8. The van der Waals surface area contributed by atoms with Crippen molar-refractivity contribution in [3.8, 4) is 0 Å². The molecule has 0 saturated carbocycles. The van der Waals surface area contributed by atoms with Crippen LogP contribution in [0, 0.1) is 6.92 Å². The first-order valence-electron chi connectivity index (χ1n) is 8.01. The number of fused-ring (bicyclic) bond motifs is 1. The molecule has 0 unspecified atom stereocenters. The molecule has 2 heterocycles. The lowest BCUT2D eigenvalue weighted by molar-refractivity contribution is -0.114. The number of hydrogen-bond donors (Lipinski definition) is 2. The molecule has 0 saturated heterocycles. The number of nitrogens with one attached hydrogen (secondary N) is 1. The van der Waals surface area contributed by atoms with Gasteiger partial charge in [-0.1, -0.05) is 23.4 Å². The van der Waals surface area contributed by atoms with Gasteiger partial charge in [0.05, 0.1) is 11.7 Å². The predicted molar refractivity (Wildman–Crippen MR) is 94.4 cm³/mol. The third-order valence-electron chi connectivity index (χ3n) is 4.03. The minimum absolute atomic E-state index is 0.0220. The number of nitrogens with two attached hydrogens (primary N) is 1. The fraction of sp³-hybridized carbons (Fsp3) is 0.294. The van der Waals surface area contributed by atoms with Crippen LogP contribution in [0.1, 0.15) is 23.0 Å². The van der Waals surface area contributed by atoms with Crippen molar-refractivity contribution in [3.63, 3.8) is 0 Å². The van der Waals surface area contributed by atoms with Crippen LogP contribution in [-0.4, -0.2) is 37.9 Å². The van der Waals surface area contributed by atoms with Crippen molar-refractivity contribution in [2.45, 2.75) is 26.8 Å². The molecule has 8 heteroatoms. The number of anilines is 1. The van der Waals surface area contributed by atoms with Gasteiger partial charge in [0.15, 0.2) is 5.82 Å². The zero-order chi connectivity index (χ0) is 18.0. The van der Waals surface area contributed by atoms with Crippen molar-refractivity contribution in [3.05, 3.63) is 41.7 Å². The molecule has 0 spiro atoms. The summed E-state index contributed by atoms with van der Waals surface area (Å²) in [6.07, 6.45) is 2.24. The molecule has 1 amide bonds. The van der Waals surface area contributed by atoms with E-state index >= 15 is 0 Å². The average molecular weight is 340 g/mol. The summed E-state index contributed by atoms with van der Waals surface area (Å²) in [4.78, 5) is 23.9. The predicted octanol–water partition coefficient (Wildman–Crippen LogP) is 1.34. The van der Waals surface area contributed by atoms with E-state index in [2.05, 4.69) is 15.6 Å². The van der Waals surface area contributed by atoms with Crippen molar-refractivity contribution in [1.29, 1.82) is 0 Å². The van der Waals surface area contributed by atoms with Crippen LogP contribution in [0.2, 0.25) is 0 Å². The number of benzene rings is 1. The van der Waals surface area contributed by atoms with E-state index in [1.54, 1.807) is 4.57 Å². The van der Waals surface area contributed by atoms with E-state index in [4.69, 9.17) is 5.73 Å². The molecule has 3 aromatic rings. The second-order valence-corrected chi connectivity index (χ2v) is 5.83. The van der Waals surface area contributed by atoms with Gasteiger partial charge in [-0.15, -0.1) is 5.10 Å². The Labute approximate surface area is 144 Å². The summed E-state index contributed by atoms with van der Waals surface area (Å²) in [7, 11) is 0. The summed E-state index contributed by atoms with van der Waals surface area (Å²) >= 11 is 0. The van der Waals surface area contributed by atoms with Crippen LogP contribution in [0.5, 0.6) is 0 Å². The number of amides is 1. The molecule has 0 aliphatic carbocycles. The minimum atomic E-state index is -0.239. The lowest BCUT2D eigenvalue weighted by Crippen LogP contribution is -2.19. The summed E-state index contributed by atoms with van der Waals surface area (Å²) in [6.45, 7) is 3.85. The standard InChI is InChI=1S/C17H20N6O2/c1-11-13(7-8-18)14-5-3-4-6-15(14)23(11)17(25)10-22-9-16(20-21-22)19-12(2)24/h3-6,9H,7-8,10,18H2,1-2H3,(H,19,24). The third-order valence-corrected chi connectivity index (χ3v) is 4.03. The highest BCUT2D eigenvalue weighted by atomic mass is 16.2. The highest BCUT2D eigenvalue weighted by molar-refractivity contribution is 5.96. The van der Waals surface area contributed by atoms with E-state index in [0.29, 0.717) is 18.8 Å². The monoisotopic (exact) mass is 340 g/mol. The van der Waals surface area contributed by atoms with Crippen molar-refractivity contribution in [2.75, 3.05) is 11.9 Å². The molecule has 0 aliphatic heterocycles. The van der Waals surface area contributed by atoms with Crippen LogP contribution < -0.4 is 11.1 Å². The minimum Gasteiger partial charge on any atom is -0.330 e. The second kappa shape index (κ2) is 6.86. The number of hydrogen-bond acceptors (Lipinski definition) is 5. The van der Waals surface area contributed by atoms with Crippen molar-refractivity contribution in [2.24, 2.45) is 5.73 Å². The zero-order valence-corrected chi connectivity index (χ0v) is 14.2. The number of nitrogens with zero attached hydrogens (tertiary/aromatic N) is 4. The topological polar surface area (TPSA) is 108 Å². The van der Waals surface area contributed by atoms with Crippen LogP contribution in [0.3, 0.4) is 0 Å². The van der Waals surface area contributed by atoms with E-state index in [9.17, 15) is 9.59 Å². The third kappa shape index (κ3) is 3.29. The van der Waals surface area contributed by atoms with Gasteiger partial charge in [0.1, 0.15) is 6.54 Å². The highest BCUT2D eigenvalue weighted by Gasteiger charge is 2.18. The number of para-hydroxylation sites is 1. The summed E-state index contributed by atoms with van der Waals surface area (Å²) in [6, 6.07) is 7.78. The molecular formula is C17H20N6O2. The van der Waals surface area contributed by atoms with Gasteiger partial charge in [-0.05, 0) is 31.5 Å². The molecule has 2 aromatic heterocycles. The van der Waals surface area contributed by atoms with Gasteiger partial charge >= 0.3 is 0 Å². The van der Waals surface area contributed by atoms with Crippen molar-refractivity contribution < 1.29 is 9.59 Å². The Hall–Kier alpha value is -3.00. The highest BCUT2D eigenvalue weighted by Crippen LogP contribution is 2.26. The molecule has 1 aromatic carbocycles. The van der Waals surface area contributed by atoms with Crippen LogP contribution in [-0.2, 0) is 17.8 Å². The quantitative estimate of drug-likeness (QED) is 0.729. The van der Waals surface area contributed by atoms with Gasteiger partial charge in [0, 0.05) is 18.0 Å². The van der Waals surface area contributed by atoms with Gasteiger partial charge in [-0.3, -0.25) is 14.2 Å². The van der Waals surface area contributed by atoms with Crippen LogP contribution in [0.25, 0.3) is 10.9 Å². The molecule has 0 bridgehead atoms. The maximum atomic E-state index is 12.9. The summed E-state index contributed by atoms with van der Waals surface area (Å²) in [5.74, 6) is -0.0495. The zero-order valence-electron chi connectivity index (χ0n) is 14.2. The molecule has 0 fully saturated rings. The van der Waals surface area contributed by atoms with Crippen molar-refractivity contribution in [1.82, 2.24) is 19.6 Å². The smallest absolute Gasteiger partial charge is 0.253 e. The molecule has 130 valence electrons. The lowest BCUT2D eigenvalue weighted by atomic mass is 10.1. The Morgan fingerprint density at radius 1 is 1.28 bits per heavy atom. The maximum absolute atomic E-state index is 12.9. The van der Waals surface area contributed by atoms with E-state index in [-0.39, 0.29) is 18.4 Å². The SMILES string of the molecule is CC(=O)Nc1cn(CC(=O)n2c(C)c(CCN)c3ccccc32)nn1. The van der Waals surface area contributed by atoms with E-state index in [1.165, 1.54) is 17.8 Å². The van der Waals surface area contributed by atoms with Gasteiger partial charge in [-0.2, -0.15) is 0 Å². The molecule has 0 atom stereocenters. The number of carbonyl (C=O) groups excluding carboxylic acids is 2. The average Bonchev–Trinajstić information content (AvgIpc) is 3.10. The van der Waals surface area contributed by atoms with Gasteiger partial charge in [-0.25, -0.2) is 4.68 Å². The Kier molecular flexibility index (Phi) is 4.62. The fourth-order valence-corrected chi connectivity index (χ4v) is 3.04. The molecule has 3 N–H and O–H groups in total. The molecule has 8 nitrogen and oxygen atoms in total. The number of carbonyl (C=O) groups is 2. The Morgan fingerprint density at radius 3 is 2.76 bits per heavy atom. The first-order valence-corrected chi connectivity index (χ1v) is 8.01. The van der Waals surface area contributed by atoms with Crippen LogP contribution in [0.4, 0.5) is 5.82 Å². The second-order valence-electron chi connectivity index (χ2n) is 5.83. The number of aromatic nitrogens is 4. The summed E-state index contributed by atoms with van der Waals surface area (Å²) in [5, 5.41) is 11.3. The van der Waals surface area contributed by atoms with Gasteiger partial charge < -0.3 is 11.1 Å². The molecular weight excluding hydrogens is 320 g/mol. The lowest BCUT2D eigenvalue weighted by Gasteiger charge is -2.07. The Morgan fingerprint density at radius 2 is 2.04 bits per heavy atom. The van der Waals surface area contributed by atoms with Gasteiger partial charge in [0.2, 0.25) is 5.91 Å². The summed E-state index contributed by atoms with van der Waals surface area (Å²) in [5.41, 5.74) is 8.55. The first-order chi connectivity index (χ1) is 12.0. The van der Waals surface area contributed by atoms with E-state index < -0.39 is 0 Å². The van der Waals surface area contributed by atoms with Crippen LogP contribution >= 0.6 is 0 Å². The molecule has 0 radical (unpaired) electrons. The molecule has 3 rings (SSSR count). The summed E-state index contributed by atoms with van der Waals surface area (Å²) < 4.78 is 3.10. The number of rotatable bonds is 5. The van der Waals surface area contributed by atoms with Crippen molar-refractivity contribution >= 4 is 28.5 Å². The molecule has 25 heavy (non-hydrogen) atoms. The molecule has 0 aliphatic rings. The maximum Gasteiger partial charge on any atom is 0.253 e. The Balaban J connectivity index is 1.93. The normalized spacial score (nSPS) is 11.0. The largest absolute Gasteiger partial charge is 0.330 e. The van der Waals surface area contributed by atoms with Gasteiger partial charge in [0.25, 0.3) is 5.91 Å². The fourth-order valence-electron chi connectivity index (χ4n) is 3.04. The van der Waals surface area contributed by atoms with E-state index in [1.807, 2.05) is 31.2 Å². The Bertz CT molecular complexity index is 940. The van der Waals surface area contributed by atoms with Crippen LogP contribution in [0.15, 0.2) is 30.5 Å². The van der Waals surface area contributed by atoms with E-state index in [0.717, 1.165) is 22.2 Å².